The van der Waals surface area contributed by atoms with Gasteiger partial charge in [0, 0.05) is 6.54 Å². The highest BCUT2D eigenvalue weighted by Crippen LogP contribution is 2.28. The van der Waals surface area contributed by atoms with Gasteiger partial charge in [-0.2, -0.15) is 0 Å². The maximum absolute atomic E-state index is 11.5. The fraction of sp³-hybridized carbons (Fsp3) is 0.455. The fourth-order valence-corrected chi connectivity index (χ4v) is 1.72. The molecule has 0 aliphatic heterocycles. The molecule has 1 amide bonds. The third-order valence-corrected chi connectivity index (χ3v) is 2.77. The number of nitrogens with one attached hydrogen (secondary N) is 3. The van der Waals surface area contributed by atoms with Crippen LogP contribution in [0, 0.1) is 5.92 Å². The molecule has 0 spiro atoms. The van der Waals surface area contributed by atoms with Crippen molar-refractivity contribution in [3.63, 3.8) is 0 Å². The summed E-state index contributed by atoms with van der Waals surface area (Å²) >= 11 is 11.8. The van der Waals surface area contributed by atoms with E-state index in [0.29, 0.717) is 28.3 Å². The number of pyridine rings is 1. The van der Waals surface area contributed by atoms with Gasteiger partial charge >= 0.3 is 0 Å². The number of anilines is 2. The van der Waals surface area contributed by atoms with Gasteiger partial charge in [0.1, 0.15) is 5.82 Å². The smallest absolute Gasteiger partial charge is 0.239 e. The monoisotopic (exact) mass is 305 g/mol. The molecule has 6 nitrogen and oxygen atoms in total. The van der Waals surface area contributed by atoms with Crippen molar-refractivity contribution in [2.45, 2.75) is 13.8 Å². The van der Waals surface area contributed by atoms with E-state index in [1.165, 1.54) is 6.07 Å². The Morgan fingerprint density at radius 3 is 2.58 bits per heavy atom. The van der Waals surface area contributed by atoms with E-state index in [1.54, 1.807) is 0 Å². The molecule has 0 aliphatic rings. The lowest BCUT2D eigenvalue weighted by Gasteiger charge is -2.11. The second kappa shape index (κ2) is 7.37. The van der Waals surface area contributed by atoms with Gasteiger partial charge in [0.2, 0.25) is 5.91 Å². The summed E-state index contributed by atoms with van der Waals surface area (Å²) < 4.78 is 0. The van der Waals surface area contributed by atoms with Crippen LogP contribution in [0.1, 0.15) is 13.8 Å². The highest BCUT2D eigenvalue weighted by Gasteiger charge is 2.10. The van der Waals surface area contributed by atoms with Gasteiger partial charge in [0.25, 0.3) is 0 Å². The molecule has 106 valence electrons. The van der Waals surface area contributed by atoms with Crippen LogP contribution in [0.4, 0.5) is 11.6 Å². The normalized spacial score (nSPS) is 10.4. The Kier molecular flexibility index (Phi) is 6.14. The molecule has 1 aromatic rings. The zero-order valence-electron chi connectivity index (χ0n) is 10.8. The highest BCUT2D eigenvalue weighted by atomic mass is 35.5. The van der Waals surface area contributed by atoms with Crippen molar-refractivity contribution in [3.8, 4) is 0 Å². The molecular formula is C11H17Cl2N5O. The minimum Gasteiger partial charge on any atom is -0.360 e. The van der Waals surface area contributed by atoms with Crippen LogP contribution in [0.25, 0.3) is 0 Å². The van der Waals surface area contributed by atoms with Crippen LogP contribution in [0.5, 0.6) is 0 Å². The molecule has 0 saturated heterocycles. The average Bonchev–Trinajstić information content (AvgIpc) is 2.35. The zero-order valence-corrected chi connectivity index (χ0v) is 12.3. The summed E-state index contributed by atoms with van der Waals surface area (Å²) in [4.78, 5) is 15.6. The first kappa shape index (κ1) is 15.8. The topological polar surface area (TPSA) is 92.1 Å². The molecule has 0 aliphatic carbocycles. The molecule has 1 rings (SSSR count). The van der Waals surface area contributed by atoms with E-state index in [4.69, 9.17) is 29.0 Å². The number of rotatable bonds is 6. The molecule has 1 aromatic heterocycles. The van der Waals surface area contributed by atoms with E-state index in [2.05, 4.69) is 21.0 Å². The molecule has 0 radical (unpaired) electrons. The number of aromatic nitrogens is 1. The van der Waals surface area contributed by atoms with E-state index in [1.807, 2.05) is 13.8 Å². The largest absolute Gasteiger partial charge is 0.360 e. The number of hydrazine groups is 1. The number of nitrogen functional groups attached to an aromatic ring is 1. The first-order valence-corrected chi connectivity index (χ1v) is 6.52. The van der Waals surface area contributed by atoms with Crippen LogP contribution in [-0.4, -0.2) is 24.0 Å². The second-order valence-electron chi connectivity index (χ2n) is 4.35. The van der Waals surface area contributed by atoms with Crippen LogP contribution < -0.4 is 21.9 Å². The summed E-state index contributed by atoms with van der Waals surface area (Å²) in [6.07, 6.45) is 0. The van der Waals surface area contributed by atoms with Crippen LogP contribution in [0.3, 0.4) is 0 Å². The van der Waals surface area contributed by atoms with E-state index in [9.17, 15) is 4.79 Å². The third-order valence-electron chi connectivity index (χ3n) is 2.19. The van der Waals surface area contributed by atoms with Crippen LogP contribution in [-0.2, 0) is 4.79 Å². The standard InChI is InChI=1S/C11H17Cl2N5O/c1-6(2)4-15-9(19)5-16-10-7(12)3-8(13)11(17-10)18-14/h3,6H,4-5,14H2,1-2H3,(H,15,19)(H2,16,17,18). The van der Waals surface area contributed by atoms with Crippen molar-refractivity contribution in [3.05, 3.63) is 16.1 Å². The molecule has 1 heterocycles. The molecule has 0 unspecified atom stereocenters. The van der Waals surface area contributed by atoms with Crippen LogP contribution in [0.2, 0.25) is 10.0 Å². The fourth-order valence-electron chi connectivity index (χ4n) is 1.24. The maximum Gasteiger partial charge on any atom is 0.239 e. The predicted molar refractivity (Wildman–Crippen MR) is 78.4 cm³/mol. The van der Waals surface area contributed by atoms with Crippen LogP contribution >= 0.6 is 23.2 Å². The quantitative estimate of drug-likeness (QED) is 0.475. The number of halogens is 2. The van der Waals surface area contributed by atoms with E-state index >= 15 is 0 Å². The van der Waals surface area contributed by atoms with Gasteiger partial charge in [0.15, 0.2) is 5.82 Å². The van der Waals surface area contributed by atoms with Crippen molar-refractivity contribution in [2.75, 3.05) is 23.8 Å². The van der Waals surface area contributed by atoms with E-state index in [-0.39, 0.29) is 18.3 Å². The maximum atomic E-state index is 11.5. The number of carbonyl (C=O) groups excluding carboxylic acids is 1. The van der Waals surface area contributed by atoms with Gasteiger partial charge in [-0.25, -0.2) is 10.8 Å². The first-order valence-electron chi connectivity index (χ1n) is 5.77. The lowest BCUT2D eigenvalue weighted by atomic mass is 10.2. The van der Waals surface area contributed by atoms with Gasteiger partial charge in [-0.05, 0) is 12.0 Å². The second-order valence-corrected chi connectivity index (χ2v) is 5.16. The molecule has 0 fully saturated rings. The van der Waals surface area contributed by atoms with Gasteiger partial charge < -0.3 is 16.1 Å². The zero-order chi connectivity index (χ0) is 14.4. The molecule has 0 saturated carbocycles. The third kappa shape index (κ3) is 5.10. The van der Waals surface area contributed by atoms with Gasteiger partial charge in [0.05, 0.1) is 16.6 Å². The average molecular weight is 306 g/mol. The predicted octanol–water partition coefficient (Wildman–Crippen LogP) is 1.86. The Hall–Kier alpha value is -1.24. The Morgan fingerprint density at radius 2 is 2.00 bits per heavy atom. The van der Waals surface area contributed by atoms with Crippen LogP contribution in [0.15, 0.2) is 6.07 Å². The summed E-state index contributed by atoms with van der Waals surface area (Å²) in [5.41, 5.74) is 2.35. The Balaban J connectivity index is 2.60. The number of hydrogen-bond donors (Lipinski definition) is 4. The lowest BCUT2D eigenvalue weighted by Crippen LogP contribution is -2.32. The molecule has 0 bridgehead atoms. The number of amides is 1. The van der Waals surface area contributed by atoms with E-state index < -0.39 is 0 Å². The van der Waals surface area contributed by atoms with Crippen molar-refractivity contribution < 1.29 is 4.79 Å². The lowest BCUT2D eigenvalue weighted by molar-refractivity contribution is -0.119. The molecular weight excluding hydrogens is 289 g/mol. The summed E-state index contributed by atoms with van der Waals surface area (Å²) in [5.74, 6) is 6.16. The van der Waals surface area contributed by atoms with Crippen molar-refractivity contribution in [1.82, 2.24) is 10.3 Å². The number of hydrogen-bond acceptors (Lipinski definition) is 5. The minimum absolute atomic E-state index is 0.0745. The van der Waals surface area contributed by atoms with Crippen molar-refractivity contribution >= 4 is 40.7 Å². The van der Waals surface area contributed by atoms with Crippen molar-refractivity contribution in [1.29, 1.82) is 0 Å². The highest BCUT2D eigenvalue weighted by molar-refractivity contribution is 6.37. The molecule has 0 atom stereocenters. The number of nitrogens with zero attached hydrogens (tertiary/aromatic N) is 1. The summed E-state index contributed by atoms with van der Waals surface area (Å²) in [6, 6.07) is 1.50. The molecule has 5 N–H and O–H groups in total. The first-order chi connectivity index (χ1) is 8.93. The minimum atomic E-state index is -0.135. The molecule has 19 heavy (non-hydrogen) atoms. The molecule has 8 heteroatoms. The number of carbonyl (C=O) groups is 1. The van der Waals surface area contributed by atoms with E-state index in [0.717, 1.165) is 0 Å². The summed E-state index contributed by atoms with van der Waals surface area (Å²) in [7, 11) is 0. The van der Waals surface area contributed by atoms with Gasteiger partial charge in [-0.15, -0.1) is 0 Å². The van der Waals surface area contributed by atoms with Gasteiger partial charge in [-0.1, -0.05) is 37.0 Å². The Bertz CT molecular complexity index is 453. The number of nitrogens with two attached hydrogens (primary N) is 1. The Labute approximate surface area is 122 Å². The summed E-state index contributed by atoms with van der Waals surface area (Å²) in [6.45, 7) is 4.73. The Morgan fingerprint density at radius 1 is 1.37 bits per heavy atom. The SMILES string of the molecule is CC(C)CNC(=O)CNc1nc(NN)c(Cl)cc1Cl. The molecule has 0 aromatic carbocycles. The van der Waals surface area contributed by atoms with Gasteiger partial charge in [-0.3, -0.25) is 4.79 Å². The summed E-state index contributed by atoms with van der Waals surface area (Å²) in [5, 5.41) is 6.23. The van der Waals surface area contributed by atoms with Crippen molar-refractivity contribution in [2.24, 2.45) is 11.8 Å².